The Labute approximate surface area is 158 Å². The molecule has 1 atom stereocenters. The molecule has 5 nitrogen and oxygen atoms in total. The molecule has 1 N–H and O–H groups in total. The fourth-order valence-corrected chi connectivity index (χ4v) is 2.59. The van der Waals surface area contributed by atoms with Gasteiger partial charge < -0.3 is 14.8 Å². The molecular weight excluding hydrogens is 349 g/mol. The van der Waals surface area contributed by atoms with Gasteiger partial charge in [0.25, 0.3) is 5.91 Å². The van der Waals surface area contributed by atoms with Gasteiger partial charge in [-0.1, -0.05) is 37.3 Å². The Morgan fingerprint density at radius 3 is 2.37 bits per heavy atom. The number of aryl methyl sites for hydroxylation is 1. The van der Waals surface area contributed by atoms with E-state index in [-0.39, 0.29) is 24.8 Å². The molecule has 1 amide bonds. The van der Waals surface area contributed by atoms with Gasteiger partial charge in [-0.2, -0.15) is 0 Å². The highest BCUT2D eigenvalue weighted by molar-refractivity contribution is 5.81. The highest BCUT2D eigenvalue weighted by Crippen LogP contribution is 2.18. The van der Waals surface area contributed by atoms with Crippen molar-refractivity contribution in [2.75, 3.05) is 13.7 Å². The quantitative estimate of drug-likeness (QED) is 0.721. The van der Waals surface area contributed by atoms with E-state index in [1.165, 1.54) is 24.8 Å². The van der Waals surface area contributed by atoms with Crippen LogP contribution >= 0.6 is 0 Å². The lowest BCUT2D eigenvalue weighted by Gasteiger charge is -2.15. The smallest absolute Gasteiger partial charge is 0.310 e. The van der Waals surface area contributed by atoms with Gasteiger partial charge in [0.05, 0.1) is 19.6 Å². The van der Waals surface area contributed by atoms with Crippen molar-refractivity contribution < 1.29 is 23.5 Å². The summed E-state index contributed by atoms with van der Waals surface area (Å²) in [6.07, 6.45) is 0.831. The standard InChI is InChI=1S/C21H24FNO4/c1-4-15-5-8-17(9-6-15)14(2)23-20(24)13-27-21(25)12-16-7-10-19(26-3)18(22)11-16/h5-11,14H,4,12-13H2,1-3H3,(H,23,24)/t14-/m1/s1. The van der Waals surface area contributed by atoms with Crippen LogP contribution in [0.4, 0.5) is 4.39 Å². The van der Waals surface area contributed by atoms with Crippen LogP contribution in [0.3, 0.4) is 0 Å². The molecule has 2 aromatic carbocycles. The maximum Gasteiger partial charge on any atom is 0.310 e. The van der Waals surface area contributed by atoms with Gasteiger partial charge in [0.2, 0.25) is 0 Å². The SMILES string of the molecule is CCc1ccc([C@@H](C)NC(=O)COC(=O)Cc2ccc(OC)c(F)c2)cc1. The summed E-state index contributed by atoms with van der Waals surface area (Å²) in [6, 6.07) is 12.0. The molecule has 2 aromatic rings. The Balaban J connectivity index is 1.80. The fraction of sp³-hybridized carbons (Fsp3) is 0.333. The number of benzene rings is 2. The summed E-state index contributed by atoms with van der Waals surface area (Å²) in [5.41, 5.74) is 2.64. The largest absolute Gasteiger partial charge is 0.494 e. The van der Waals surface area contributed by atoms with Gasteiger partial charge in [-0.05, 0) is 42.2 Å². The van der Waals surface area contributed by atoms with E-state index in [1.807, 2.05) is 31.2 Å². The molecule has 0 aromatic heterocycles. The summed E-state index contributed by atoms with van der Waals surface area (Å²) < 4.78 is 23.4. The topological polar surface area (TPSA) is 64.6 Å². The number of hydrogen-bond donors (Lipinski definition) is 1. The third kappa shape index (κ3) is 6.09. The summed E-state index contributed by atoms with van der Waals surface area (Å²) in [5, 5.41) is 2.78. The second kappa shape index (κ2) is 9.71. The molecule has 2 rings (SSSR count). The van der Waals surface area contributed by atoms with E-state index in [4.69, 9.17) is 9.47 Å². The Kier molecular flexibility index (Phi) is 7.34. The van der Waals surface area contributed by atoms with Crippen molar-refractivity contribution in [1.82, 2.24) is 5.32 Å². The number of methoxy groups -OCH3 is 1. The number of amides is 1. The van der Waals surface area contributed by atoms with Gasteiger partial charge in [-0.15, -0.1) is 0 Å². The Bertz CT molecular complexity index is 789. The second-order valence-electron chi connectivity index (χ2n) is 6.19. The average Bonchev–Trinajstić information content (AvgIpc) is 2.66. The molecule has 144 valence electrons. The predicted octanol–water partition coefficient (Wildman–Crippen LogP) is 3.36. The Morgan fingerprint density at radius 1 is 1.11 bits per heavy atom. The van der Waals surface area contributed by atoms with E-state index < -0.39 is 17.7 Å². The zero-order valence-corrected chi connectivity index (χ0v) is 15.8. The first kappa shape index (κ1) is 20.4. The predicted molar refractivity (Wildman–Crippen MR) is 100.0 cm³/mol. The molecule has 6 heteroatoms. The van der Waals surface area contributed by atoms with Crippen LogP contribution in [-0.4, -0.2) is 25.6 Å². The number of carbonyl (C=O) groups is 2. The first-order valence-electron chi connectivity index (χ1n) is 8.79. The lowest BCUT2D eigenvalue weighted by Crippen LogP contribution is -2.31. The highest BCUT2D eigenvalue weighted by atomic mass is 19.1. The molecule has 0 unspecified atom stereocenters. The second-order valence-corrected chi connectivity index (χ2v) is 6.19. The molecule has 0 saturated carbocycles. The van der Waals surface area contributed by atoms with E-state index in [0.717, 1.165) is 12.0 Å². The number of esters is 1. The zero-order chi connectivity index (χ0) is 19.8. The zero-order valence-electron chi connectivity index (χ0n) is 15.8. The number of hydrogen-bond acceptors (Lipinski definition) is 4. The lowest BCUT2D eigenvalue weighted by molar-refractivity contribution is -0.148. The molecule has 0 heterocycles. The summed E-state index contributed by atoms with van der Waals surface area (Å²) in [6.45, 7) is 3.56. The van der Waals surface area contributed by atoms with Crippen molar-refractivity contribution in [3.8, 4) is 5.75 Å². The first-order chi connectivity index (χ1) is 12.9. The lowest BCUT2D eigenvalue weighted by atomic mass is 10.1. The molecule has 0 aliphatic heterocycles. The van der Waals surface area contributed by atoms with Gasteiger partial charge in [0.1, 0.15) is 0 Å². The fourth-order valence-electron chi connectivity index (χ4n) is 2.59. The molecule has 27 heavy (non-hydrogen) atoms. The van der Waals surface area contributed by atoms with E-state index in [9.17, 15) is 14.0 Å². The number of ether oxygens (including phenoxy) is 2. The molecule has 0 saturated heterocycles. The maximum absolute atomic E-state index is 13.6. The van der Waals surface area contributed by atoms with Crippen LogP contribution in [0, 0.1) is 5.82 Å². The van der Waals surface area contributed by atoms with Gasteiger partial charge in [-0.25, -0.2) is 4.39 Å². The molecule has 0 aliphatic rings. The third-order valence-electron chi connectivity index (χ3n) is 4.19. The summed E-state index contributed by atoms with van der Waals surface area (Å²) >= 11 is 0. The van der Waals surface area contributed by atoms with Gasteiger partial charge >= 0.3 is 5.97 Å². The normalized spacial score (nSPS) is 11.6. The third-order valence-corrected chi connectivity index (χ3v) is 4.19. The summed E-state index contributed by atoms with van der Waals surface area (Å²) in [5.74, 6) is -1.44. The molecule has 0 aliphatic carbocycles. The van der Waals surface area contributed by atoms with Crippen molar-refractivity contribution in [2.24, 2.45) is 0 Å². The monoisotopic (exact) mass is 373 g/mol. The van der Waals surface area contributed by atoms with Crippen LogP contribution in [0.1, 0.15) is 36.6 Å². The van der Waals surface area contributed by atoms with Crippen molar-refractivity contribution in [3.05, 3.63) is 65.0 Å². The van der Waals surface area contributed by atoms with Gasteiger partial charge in [0.15, 0.2) is 18.2 Å². The molecule has 0 spiro atoms. The maximum atomic E-state index is 13.6. The minimum Gasteiger partial charge on any atom is -0.494 e. The number of rotatable bonds is 8. The highest BCUT2D eigenvalue weighted by Gasteiger charge is 2.13. The van der Waals surface area contributed by atoms with E-state index in [1.54, 1.807) is 6.07 Å². The van der Waals surface area contributed by atoms with Gasteiger partial charge in [-0.3, -0.25) is 9.59 Å². The van der Waals surface area contributed by atoms with E-state index in [0.29, 0.717) is 5.56 Å². The molecular formula is C21H24FNO4. The van der Waals surface area contributed by atoms with Crippen molar-refractivity contribution in [2.45, 2.75) is 32.7 Å². The van der Waals surface area contributed by atoms with Crippen LogP contribution in [0.2, 0.25) is 0 Å². The minimum atomic E-state index is -0.602. The van der Waals surface area contributed by atoms with Crippen LogP contribution < -0.4 is 10.1 Å². The van der Waals surface area contributed by atoms with Crippen molar-refractivity contribution in [3.63, 3.8) is 0 Å². The van der Waals surface area contributed by atoms with Crippen LogP contribution in [0.25, 0.3) is 0 Å². The Morgan fingerprint density at radius 2 is 1.78 bits per heavy atom. The van der Waals surface area contributed by atoms with Crippen LogP contribution in [-0.2, 0) is 27.2 Å². The average molecular weight is 373 g/mol. The van der Waals surface area contributed by atoms with E-state index >= 15 is 0 Å². The number of carbonyl (C=O) groups excluding carboxylic acids is 2. The van der Waals surface area contributed by atoms with Crippen molar-refractivity contribution >= 4 is 11.9 Å². The van der Waals surface area contributed by atoms with Gasteiger partial charge in [0, 0.05) is 0 Å². The molecule has 0 fully saturated rings. The molecule has 0 bridgehead atoms. The minimum absolute atomic E-state index is 0.104. The number of nitrogens with one attached hydrogen (secondary N) is 1. The summed E-state index contributed by atoms with van der Waals surface area (Å²) in [4.78, 5) is 23.8. The van der Waals surface area contributed by atoms with E-state index in [2.05, 4.69) is 12.2 Å². The molecule has 0 radical (unpaired) electrons. The number of halogens is 1. The van der Waals surface area contributed by atoms with Crippen molar-refractivity contribution in [1.29, 1.82) is 0 Å². The van der Waals surface area contributed by atoms with Crippen LogP contribution in [0.15, 0.2) is 42.5 Å². The summed E-state index contributed by atoms with van der Waals surface area (Å²) in [7, 11) is 1.37. The Hall–Kier alpha value is -2.89. The van der Waals surface area contributed by atoms with Crippen LogP contribution in [0.5, 0.6) is 5.75 Å². The first-order valence-corrected chi connectivity index (χ1v) is 8.79.